The van der Waals surface area contributed by atoms with Crippen LogP contribution in [0.3, 0.4) is 0 Å². The quantitative estimate of drug-likeness (QED) is 0.185. The maximum atomic E-state index is 5.84. The van der Waals surface area contributed by atoms with Crippen molar-refractivity contribution < 1.29 is 4.74 Å². The zero-order valence-corrected chi connectivity index (χ0v) is 20.8. The molecule has 0 unspecified atom stereocenters. The lowest BCUT2D eigenvalue weighted by Gasteiger charge is -2.13. The van der Waals surface area contributed by atoms with Crippen molar-refractivity contribution >= 4 is 29.9 Å². The summed E-state index contributed by atoms with van der Waals surface area (Å²) >= 11 is 0. The molecule has 0 aliphatic carbocycles. The molecule has 31 heavy (non-hydrogen) atoms. The van der Waals surface area contributed by atoms with Crippen LogP contribution in [-0.4, -0.2) is 29.3 Å². The first kappa shape index (κ1) is 24.7. The Labute approximate surface area is 202 Å². The van der Waals surface area contributed by atoms with E-state index < -0.39 is 0 Å². The normalized spacial score (nSPS) is 11.0. The zero-order chi connectivity index (χ0) is 21.2. The van der Waals surface area contributed by atoms with Crippen LogP contribution >= 0.6 is 24.0 Å². The maximum Gasteiger partial charge on any atom is 0.191 e. The second-order valence-corrected chi connectivity index (χ2v) is 7.28. The number of aliphatic imine (C=N–C) groups is 1. The number of aryl methyl sites for hydroxylation is 3. The second-order valence-electron chi connectivity index (χ2n) is 7.28. The van der Waals surface area contributed by atoms with E-state index in [1.54, 1.807) is 7.05 Å². The van der Waals surface area contributed by atoms with Gasteiger partial charge in [0.2, 0.25) is 0 Å². The van der Waals surface area contributed by atoms with E-state index in [1.165, 1.54) is 11.3 Å². The van der Waals surface area contributed by atoms with Crippen molar-refractivity contribution in [2.45, 2.75) is 40.0 Å². The molecule has 0 fully saturated rings. The summed E-state index contributed by atoms with van der Waals surface area (Å²) in [6.45, 7) is 7.10. The van der Waals surface area contributed by atoms with Crippen molar-refractivity contribution in [3.8, 4) is 5.75 Å². The molecule has 2 aromatic carbocycles. The highest BCUT2D eigenvalue weighted by Crippen LogP contribution is 2.12. The largest absolute Gasteiger partial charge is 0.489 e. The summed E-state index contributed by atoms with van der Waals surface area (Å²) in [6.07, 6.45) is 0.981. The Hall–Kier alpha value is -2.55. The van der Waals surface area contributed by atoms with Gasteiger partial charge in [0.1, 0.15) is 12.4 Å². The molecular weight excluding hydrogens is 501 g/mol. The molecule has 7 heteroatoms. The van der Waals surface area contributed by atoms with E-state index in [9.17, 15) is 0 Å². The van der Waals surface area contributed by atoms with Gasteiger partial charge in [-0.3, -0.25) is 9.67 Å². The standard InChI is InChI=1S/C24H31N5O.HI/c1-19-15-20(2)29(28-19)14-8-13-26-24(25-3)27-17-21-9-7-10-22(16-21)18-30-23-11-5-4-6-12-23;/h4-7,9-12,15-16H,8,13-14,17-18H2,1-3H3,(H2,25,26,27);1H. The molecule has 0 radical (unpaired) electrons. The number of nitrogens with zero attached hydrogens (tertiary/aromatic N) is 3. The number of rotatable bonds is 9. The Balaban J connectivity index is 0.00000341. The Bertz CT molecular complexity index is 956. The van der Waals surface area contributed by atoms with Crippen molar-refractivity contribution in [1.82, 2.24) is 20.4 Å². The number of aromatic nitrogens is 2. The van der Waals surface area contributed by atoms with Gasteiger partial charge in [0.25, 0.3) is 0 Å². The van der Waals surface area contributed by atoms with Gasteiger partial charge in [0.05, 0.1) is 5.69 Å². The molecule has 0 saturated carbocycles. The summed E-state index contributed by atoms with van der Waals surface area (Å²) < 4.78 is 7.89. The van der Waals surface area contributed by atoms with Gasteiger partial charge in [-0.05, 0) is 49.6 Å². The average molecular weight is 533 g/mol. The fourth-order valence-corrected chi connectivity index (χ4v) is 3.26. The molecule has 6 nitrogen and oxygen atoms in total. The topological polar surface area (TPSA) is 63.5 Å². The number of para-hydroxylation sites is 1. The summed E-state index contributed by atoms with van der Waals surface area (Å²) in [5.74, 6) is 1.68. The summed E-state index contributed by atoms with van der Waals surface area (Å²) in [5.41, 5.74) is 4.60. The number of nitrogens with one attached hydrogen (secondary N) is 2. The van der Waals surface area contributed by atoms with Crippen molar-refractivity contribution in [1.29, 1.82) is 0 Å². The first-order valence-corrected chi connectivity index (χ1v) is 10.4. The third kappa shape index (κ3) is 8.24. The number of hydrogen-bond donors (Lipinski definition) is 2. The van der Waals surface area contributed by atoms with E-state index in [4.69, 9.17) is 4.74 Å². The van der Waals surface area contributed by atoms with Gasteiger partial charge in [0.15, 0.2) is 5.96 Å². The fraction of sp³-hybridized carbons (Fsp3) is 0.333. The van der Waals surface area contributed by atoms with Crippen LogP contribution < -0.4 is 15.4 Å². The third-order valence-electron chi connectivity index (χ3n) is 4.77. The summed E-state index contributed by atoms with van der Waals surface area (Å²) in [4.78, 5) is 4.32. The highest BCUT2D eigenvalue weighted by atomic mass is 127. The lowest BCUT2D eigenvalue weighted by Crippen LogP contribution is -2.37. The molecule has 0 bridgehead atoms. The number of hydrogen-bond acceptors (Lipinski definition) is 3. The van der Waals surface area contributed by atoms with Crippen LogP contribution in [0.15, 0.2) is 65.7 Å². The molecule has 0 amide bonds. The van der Waals surface area contributed by atoms with Gasteiger partial charge in [-0.15, -0.1) is 24.0 Å². The van der Waals surface area contributed by atoms with Crippen LogP contribution in [0.25, 0.3) is 0 Å². The van der Waals surface area contributed by atoms with Crippen LogP contribution in [0.5, 0.6) is 5.75 Å². The smallest absolute Gasteiger partial charge is 0.191 e. The molecule has 0 aliphatic rings. The second kappa shape index (κ2) is 13.0. The lowest BCUT2D eigenvalue weighted by molar-refractivity contribution is 0.306. The minimum atomic E-state index is 0. The monoisotopic (exact) mass is 533 g/mol. The molecule has 3 aromatic rings. The van der Waals surface area contributed by atoms with Crippen molar-refractivity contribution in [2.75, 3.05) is 13.6 Å². The van der Waals surface area contributed by atoms with E-state index in [2.05, 4.69) is 62.7 Å². The fourth-order valence-electron chi connectivity index (χ4n) is 3.26. The van der Waals surface area contributed by atoms with Crippen molar-refractivity contribution in [3.63, 3.8) is 0 Å². The predicted molar refractivity (Wildman–Crippen MR) is 137 cm³/mol. The summed E-state index contributed by atoms with van der Waals surface area (Å²) in [7, 11) is 1.79. The maximum absolute atomic E-state index is 5.84. The van der Waals surface area contributed by atoms with E-state index in [0.29, 0.717) is 13.2 Å². The molecule has 166 valence electrons. The number of ether oxygens (including phenoxy) is 1. The SMILES string of the molecule is CN=C(NCCCn1nc(C)cc1C)NCc1cccc(COc2ccccc2)c1.I. The highest BCUT2D eigenvalue weighted by molar-refractivity contribution is 14.0. The van der Waals surface area contributed by atoms with E-state index in [0.717, 1.165) is 42.5 Å². The lowest BCUT2D eigenvalue weighted by atomic mass is 10.1. The minimum absolute atomic E-state index is 0. The predicted octanol–water partition coefficient (Wildman–Crippen LogP) is 4.45. The van der Waals surface area contributed by atoms with Crippen LogP contribution in [0, 0.1) is 13.8 Å². The Kier molecular flexibility index (Phi) is 10.4. The van der Waals surface area contributed by atoms with E-state index in [1.807, 2.05) is 37.3 Å². The zero-order valence-electron chi connectivity index (χ0n) is 18.5. The Morgan fingerprint density at radius 3 is 2.48 bits per heavy atom. The molecule has 3 rings (SSSR count). The molecule has 1 aromatic heterocycles. The molecule has 0 atom stereocenters. The van der Waals surface area contributed by atoms with E-state index in [-0.39, 0.29) is 24.0 Å². The third-order valence-corrected chi connectivity index (χ3v) is 4.77. The van der Waals surface area contributed by atoms with Crippen molar-refractivity contribution in [3.05, 3.63) is 83.2 Å². The van der Waals surface area contributed by atoms with E-state index >= 15 is 0 Å². The van der Waals surface area contributed by atoms with Crippen molar-refractivity contribution in [2.24, 2.45) is 4.99 Å². The van der Waals surface area contributed by atoms with Gasteiger partial charge in [0, 0.05) is 32.4 Å². The average Bonchev–Trinajstić information content (AvgIpc) is 3.09. The summed E-state index contributed by atoms with van der Waals surface area (Å²) in [5, 5.41) is 11.2. The van der Waals surface area contributed by atoms with Gasteiger partial charge in [-0.2, -0.15) is 5.10 Å². The minimum Gasteiger partial charge on any atom is -0.489 e. The highest BCUT2D eigenvalue weighted by Gasteiger charge is 2.03. The first-order chi connectivity index (χ1) is 14.6. The van der Waals surface area contributed by atoms with Crippen LogP contribution in [-0.2, 0) is 19.7 Å². The molecule has 0 aliphatic heterocycles. The Morgan fingerprint density at radius 2 is 1.77 bits per heavy atom. The number of guanidine groups is 1. The van der Waals surface area contributed by atoms with Crippen LogP contribution in [0.4, 0.5) is 0 Å². The number of halogens is 1. The van der Waals surface area contributed by atoms with Crippen LogP contribution in [0.1, 0.15) is 28.9 Å². The first-order valence-electron chi connectivity index (χ1n) is 10.4. The summed E-state index contributed by atoms with van der Waals surface area (Å²) in [6, 6.07) is 20.4. The molecular formula is C24H32IN5O. The number of benzene rings is 2. The molecule has 0 saturated heterocycles. The van der Waals surface area contributed by atoms with Gasteiger partial charge in [-0.1, -0.05) is 42.5 Å². The molecule has 1 heterocycles. The van der Waals surface area contributed by atoms with Gasteiger partial charge in [-0.25, -0.2) is 0 Å². The Morgan fingerprint density at radius 1 is 1.00 bits per heavy atom. The molecule has 0 spiro atoms. The van der Waals surface area contributed by atoms with Gasteiger partial charge < -0.3 is 15.4 Å². The van der Waals surface area contributed by atoms with Gasteiger partial charge >= 0.3 is 0 Å². The van der Waals surface area contributed by atoms with Crippen LogP contribution in [0.2, 0.25) is 0 Å². The molecule has 2 N–H and O–H groups in total.